The topological polar surface area (TPSA) is 499 Å². The number of aliphatic hydroxyl groups excluding tert-OH is 1. The van der Waals surface area contributed by atoms with Gasteiger partial charge >= 0.3 is 35.8 Å². The summed E-state index contributed by atoms with van der Waals surface area (Å²) < 4.78 is 34.9. The van der Waals surface area contributed by atoms with Crippen LogP contribution in [-0.2, 0) is 33.3 Å². The highest BCUT2D eigenvalue weighted by molar-refractivity contribution is 6.22. The van der Waals surface area contributed by atoms with E-state index in [4.69, 9.17) is 28.4 Å². The van der Waals surface area contributed by atoms with Crippen molar-refractivity contribution >= 4 is 47.2 Å². The molecule has 1 aliphatic carbocycles. The van der Waals surface area contributed by atoms with Gasteiger partial charge in [0.2, 0.25) is 40.1 Å². The summed E-state index contributed by atoms with van der Waals surface area (Å²) in [5.41, 5.74) is -18.5. The number of hydrogen-bond acceptors (Lipinski definition) is 28. The largest absolute Gasteiger partial charge is 0.504 e. The Hall–Kier alpha value is -10.9. The highest BCUT2D eigenvalue weighted by Crippen LogP contribution is 2.68. The van der Waals surface area contributed by atoms with E-state index in [1.807, 2.05) is 0 Å². The summed E-state index contributed by atoms with van der Waals surface area (Å²) in [4.78, 5) is 103. The number of carboxylic acid groups (broad SMARTS) is 1. The Bertz CT molecular complexity index is 3740. The Kier molecular flexibility index (Phi) is 9.57. The van der Waals surface area contributed by atoms with Crippen LogP contribution in [0, 0.1) is 5.92 Å². The van der Waals surface area contributed by atoms with Gasteiger partial charge < -0.3 is 110 Å². The third-order valence-electron chi connectivity index (χ3n) is 13.9. The molecule has 0 saturated carbocycles. The normalized spacial score (nSPS) is 23.8. The number of phenols is 14. The van der Waals surface area contributed by atoms with E-state index in [1.54, 1.807) is 0 Å². The summed E-state index contributed by atoms with van der Waals surface area (Å²) in [7, 11) is 0. The number of phenolic OH excluding ortho intramolecular Hbond substituents is 14. The first-order valence-electron chi connectivity index (χ1n) is 21.4. The molecule has 7 aliphatic rings. The van der Waals surface area contributed by atoms with E-state index < -0.39 is 249 Å². The molecule has 7 atom stereocenters. The highest BCUT2D eigenvalue weighted by Gasteiger charge is 2.76. The van der Waals surface area contributed by atoms with Crippen LogP contribution in [0.15, 0.2) is 30.0 Å². The molecule has 0 aromatic heterocycles. The van der Waals surface area contributed by atoms with Crippen molar-refractivity contribution < 1.29 is 144 Å². The molecule has 0 amide bonds. The average molecular weight is 1060 g/mol. The van der Waals surface area contributed by atoms with Gasteiger partial charge in [0.25, 0.3) is 0 Å². The Balaban J connectivity index is 1.30. The second-order valence-electron chi connectivity index (χ2n) is 17.6. The lowest BCUT2D eigenvalue weighted by atomic mass is 9.66. The summed E-state index contributed by atoms with van der Waals surface area (Å²) in [5, 5.41) is 178. The molecule has 76 heavy (non-hydrogen) atoms. The lowest BCUT2D eigenvalue weighted by molar-refractivity contribution is -0.200. The maximum atomic E-state index is 15.5. The predicted molar refractivity (Wildman–Crippen MR) is 232 cm³/mol. The van der Waals surface area contributed by atoms with Crippen molar-refractivity contribution in [3.63, 3.8) is 0 Å². The molecule has 6 heterocycles. The summed E-state index contributed by atoms with van der Waals surface area (Å²) in [6, 6.07) is 1.38. The molecule has 6 aliphatic heterocycles. The molecule has 29 nitrogen and oxygen atoms in total. The maximum absolute atomic E-state index is 15.5. The van der Waals surface area contributed by atoms with Gasteiger partial charge in [-0.05, 0) is 24.3 Å². The zero-order chi connectivity index (χ0) is 54.9. The first kappa shape index (κ1) is 47.5. The van der Waals surface area contributed by atoms with E-state index in [0.717, 1.165) is 0 Å². The third-order valence-corrected chi connectivity index (χ3v) is 13.9. The van der Waals surface area contributed by atoms with Crippen LogP contribution in [-0.4, -0.2) is 160 Å². The van der Waals surface area contributed by atoms with E-state index >= 15 is 14.4 Å². The summed E-state index contributed by atoms with van der Waals surface area (Å²) in [5.74, 6) is -42.8. The molecule has 29 heteroatoms. The van der Waals surface area contributed by atoms with Gasteiger partial charge in [-0.1, -0.05) is 0 Å². The van der Waals surface area contributed by atoms with Crippen LogP contribution in [0.2, 0.25) is 0 Å². The molecule has 6 bridgehead atoms. The quantitative estimate of drug-likeness (QED) is 0.0640. The second kappa shape index (κ2) is 15.3. The molecular formula is C47H28O29. The number of rotatable bonds is 1. The first-order valence-corrected chi connectivity index (χ1v) is 21.4. The molecule has 1 fully saturated rings. The Morgan fingerprint density at radius 1 is 0.474 bits per heavy atom. The van der Waals surface area contributed by atoms with Crippen molar-refractivity contribution in [1.82, 2.24) is 0 Å². The monoisotopic (exact) mass is 1060 g/mol. The van der Waals surface area contributed by atoms with Crippen molar-refractivity contribution in [2.75, 3.05) is 6.61 Å². The standard InChI is InChI=1S/C47H28O29/c48-10-2-7-15(29(56)25(10)52)16-8(3-11(49)26(53)30(16)57)44(68)73-36-14(5-71-42(7)66)72-43(67)9-4-12(50)27(54)31(58)17(9)19-21-20(33(60)35(62)32(19)59)22-24-46(70)74-38(39(36)75-45(21)69)23-18-6(41(64)65)1-13(51)28(55)37(18)76-47(23,24)40(63)34(22)61/h1-4,14,23-24,36,38-39,48-62H,5H2,(H,64,65)/t14-,23+,24-,36-,38-,39+,47-/m1/s1. The number of carbonyl (C=O) groups excluding carboxylic acids is 6. The summed E-state index contributed by atoms with van der Waals surface area (Å²) in [6.07, 6.45) is -11.4. The van der Waals surface area contributed by atoms with Gasteiger partial charge in [-0.2, -0.15) is 0 Å². The zero-order valence-electron chi connectivity index (χ0n) is 36.9. The molecule has 5 aromatic carbocycles. The molecule has 1 saturated heterocycles. The van der Waals surface area contributed by atoms with Crippen LogP contribution in [0.4, 0.5) is 0 Å². The van der Waals surface area contributed by atoms with Crippen molar-refractivity contribution in [3.05, 3.63) is 69.0 Å². The lowest BCUT2D eigenvalue weighted by Gasteiger charge is -2.47. The van der Waals surface area contributed by atoms with Crippen molar-refractivity contribution in [2.24, 2.45) is 5.92 Å². The van der Waals surface area contributed by atoms with E-state index in [9.17, 15) is 101 Å². The first-order chi connectivity index (χ1) is 35.8. The minimum Gasteiger partial charge on any atom is -0.504 e. The number of carbonyl (C=O) groups is 7. The van der Waals surface area contributed by atoms with Crippen LogP contribution in [0.3, 0.4) is 0 Å². The van der Waals surface area contributed by atoms with Crippen LogP contribution in [0.1, 0.15) is 68.8 Å². The predicted octanol–water partition coefficient (Wildman–Crippen LogP) is 1.38. The lowest BCUT2D eigenvalue weighted by Crippen LogP contribution is -2.65. The highest BCUT2D eigenvalue weighted by atomic mass is 16.6. The number of carboxylic acids is 1. The number of aliphatic hydroxyl groups is 1. The van der Waals surface area contributed by atoms with Crippen molar-refractivity contribution in [2.45, 2.75) is 35.9 Å². The molecular weight excluding hydrogens is 1030 g/mol. The molecule has 16 N–H and O–H groups in total. The minimum absolute atomic E-state index is 0.296. The van der Waals surface area contributed by atoms with Gasteiger partial charge in [-0.3, -0.25) is 9.59 Å². The van der Waals surface area contributed by atoms with Gasteiger partial charge in [0.15, 0.2) is 87.7 Å². The van der Waals surface area contributed by atoms with Gasteiger partial charge in [-0.25, -0.2) is 24.0 Å². The number of ketones is 1. The van der Waals surface area contributed by atoms with Crippen LogP contribution in [0.5, 0.6) is 86.2 Å². The van der Waals surface area contributed by atoms with Crippen LogP contribution < -0.4 is 4.74 Å². The fourth-order valence-electron chi connectivity index (χ4n) is 10.7. The Morgan fingerprint density at radius 2 is 0.947 bits per heavy atom. The molecule has 0 unspecified atom stereocenters. The van der Waals surface area contributed by atoms with Crippen molar-refractivity contribution in [3.8, 4) is 108 Å². The zero-order valence-corrected chi connectivity index (χ0v) is 36.9. The molecule has 390 valence electrons. The average Bonchev–Trinajstić information content (AvgIpc) is 4.01. The van der Waals surface area contributed by atoms with Gasteiger partial charge in [0, 0.05) is 39.0 Å². The summed E-state index contributed by atoms with van der Waals surface area (Å²) >= 11 is 0. The second-order valence-corrected chi connectivity index (χ2v) is 17.6. The number of fused-ring (bicyclic) bond motifs is 8. The number of Topliss-reactive ketones (excluding diaryl/α,β-unsaturated/α-hetero) is 1. The maximum Gasteiger partial charge on any atom is 0.340 e. The van der Waals surface area contributed by atoms with Gasteiger partial charge in [-0.15, -0.1) is 0 Å². The Labute approximate surface area is 416 Å². The van der Waals surface area contributed by atoms with Gasteiger partial charge in [0.05, 0.1) is 33.7 Å². The van der Waals surface area contributed by atoms with Crippen molar-refractivity contribution in [1.29, 1.82) is 0 Å². The van der Waals surface area contributed by atoms with E-state index in [-0.39, 0.29) is 0 Å². The fourth-order valence-corrected chi connectivity index (χ4v) is 10.7. The van der Waals surface area contributed by atoms with Crippen LogP contribution in [0.25, 0.3) is 27.8 Å². The van der Waals surface area contributed by atoms with E-state index in [0.29, 0.717) is 24.3 Å². The van der Waals surface area contributed by atoms with Gasteiger partial charge in [0.1, 0.15) is 12.5 Å². The number of ether oxygens (including phenoxy) is 6. The number of benzene rings is 5. The van der Waals surface area contributed by atoms with Crippen LogP contribution >= 0.6 is 0 Å². The van der Waals surface area contributed by atoms with E-state index in [2.05, 4.69) is 0 Å². The number of hydrogen-bond donors (Lipinski definition) is 16. The third kappa shape index (κ3) is 5.79. The number of aromatic carboxylic acids is 1. The summed E-state index contributed by atoms with van der Waals surface area (Å²) in [6.45, 7) is -1.61. The SMILES string of the molecule is O=C1OC[C@H]2OC(=O)c3cc(O)c(O)c(O)c3-c3c(O)c(O)c(O)c4c3C(=O)O[C@@H]([C@@H]2OC(=O)c2cc(O)c(O)c(O)c2-c2c1cc(O)c(O)c2O)[C@@H]1OC(=O)[C@H]2C4=C(O)C(=O)[C@]23Oc2c(O)c(O)cc(C(=O)O)c2[C@@H]13. The molecule has 5 aromatic rings. The number of aromatic hydroxyl groups is 14. The number of cyclic esters (lactones) is 1. The molecule has 1 spiro atoms. The van der Waals surface area contributed by atoms with E-state index in [1.165, 1.54) is 0 Å². The molecule has 12 rings (SSSR count). The molecule has 0 radical (unpaired) electrons. The smallest absolute Gasteiger partial charge is 0.340 e. The fraction of sp³-hybridized carbons (Fsp3) is 0.170. The number of esters is 5. The minimum atomic E-state index is -3.32. The Morgan fingerprint density at radius 3 is 1.50 bits per heavy atom.